The molecule has 10 heteroatoms. The summed E-state index contributed by atoms with van der Waals surface area (Å²) >= 11 is 12.1. The summed E-state index contributed by atoms with van der Waals surface area (Å²) in [4.78, 5) is 26.7. The predicted octanol–water partition coefficient (Wildman–Crippen LogP) is 6.32. The predicted molar refractivity (Wildman–Crippen MR) is 180 cm³/mol. The van der Waals surface area contributed by atoms with Gasteiger partial charge in [-0.15, -0.1) is 0 Å². The lowest BCUT2D eigenvalue weighted by molar-refractivity contribution is -0.120. The van der Waals surface area contributed by atoms with Crippen molar-refractivity contribution in [2.45, 2.75) is 19.8 Å². The first-order chi connectivity index (χ1) is 20.4. The molecule has 0 radical (unpaired) electrons. The molecule has 1 amide bonds. The Kier molecular flexibility index (Phi) is 11.5. The number of halogens is 1. The number of ether oxygens (including phenoxy) is 1. The van der Waals surface area contributed by atoms with Crippen molar-refractivity contribution in [3.05, 3.63) is 88.1 Å². The lowest BCUT2D eigenvalue weighted by Crippen LogP contribution is -2.27. The first-order valence-corrected chi connectivity index (χ1v) is 16.2. The number of carbonyl (C=O) groups is 2. The highest BCUT2D eigenvalue weighted by Crippen LogP contribution is 2.31. The van der Waals surface area contributed by atoms with Crippen LogP contribution >= 0.6 is 36.0 Å². The zero-order chi connectivity index (χ0) is 30.1. The summed E-state index contributed by atoms with van der Waals surface area (Å²) in [5, 5.41) is 11.4. The molecular formula is C32H37ClN4O3S2. The third kappa shape index (κ3) is 7.76. The van der Waals surface area contributed by atoms with E-state index in [0.29, 0.717) is 29.3 Å². The number of amides is 1. The van der Waals surface area contributed by atoms with E-state index >= 15 is 0 Å². The number of thiol groups is 1. The minimum atomic E-state index is -0.180. The standard InChI is InChI=1S/C32H37ClN4O3S2/c1-21-26(27-19-25(40-2)9-11-30(27)37(21)32(39)23-5-7-24(33)8-6-23)20-31(38)36-13-12-22-4-10-28(34-14-16-41)29(18-22)35-15-17-42-3/h4-11,18-19,34-35,41H,12-17,20H2,1-3H3,(H,36,38). The molecule has 0 bridgehead atoms. The normalized spacial score (nSPS) is 11.0. The van der Waals surface area contributed by atoms with Crippen molar-refractivity contribution in [3.63, 3.8) is 0 Å². The number of anilines is 2. The molecule has 0 unspecified atom stereocenters. The quantitative estimate of drug-likeness (QED) is 0.0971. The molecule has 1 aromatic heterocycles. The fourth-order valence-corrected chi connectivity index (χ4v) is 5.43. The maximum absolute atomic E-state index is 13.5. The fourth-order valence-electron chi connectivity index (χ4n) is 4.89. The third-order valence-electron chi connectivity index (χ3n) is 7.04. The number of nitrogens with one attached hydrogen (secondary N) is 3. The van der Waals surface area contributed by atoms with E-state index in [9.17, 15) is 9.59 Å². The maximum atomic E-state index is 13.5. The summed E-state index contributed by atoms with van der Waals surface area (Å²) in [6, 6.07) is 18.7. The molecule has 1 heterocycles. The highest BCUT2D eigenvalue weighted by atomic mass is 35.5. The second-order valence-corrected chi connectivity index (χ2v) is 11.7. The van der Waals surface area contributed by atoms with Gasteiger partial charge in [0.25, 0.3) is 5.91 Å². The van der Waals surface area contributed by atoms with Crippen molar-refractivity contribution in [2.75, 3.05) is 55.1 Å². The molecule has 0 spiro atoms. The SMILES string of the molecule is COc1ccc2c(c1)c(CC(=O)NCCc1ccc(NCCS)c(NCCSC)c1)c(C)n2C(=O)c1ccc(Cl)cc1. The van der Waals surface area contributed by atoms with Crippen molar-refractivity contribution in [1.29, 1.82) is 0 Å². The van der Waals surface area contributed by atoms with Crippen LogP contribution in [-0.2, 0) is 17.6 Å². The van der Waals surface area contributed by atoms with Crippen LogP contribution in [0, 0.1) is 6.92 Å². The van der Waals surface area contributed by atoms with Gasteiger partial charge in [0.05, 0.1) is 30.4 Å². The Morgan fingerprint density at radius 3 is 2.45 bits per heavy atom. The number of carbonyl (C=O) groups excluding carboxylic acids is 2. The van der Waals surface area contributed by atoms with Gasteiger partial charge in [0.2, 0.25) is 5.91 Å². The van der Waals surface area contributed by atoms with Gasteiger partial charge in [0.15, 0.2) is 0 Å². The Morgan fingerprint density at radius 2 is 1.74 bits per heavy atom. The average Bonchev–Trinajstić information content (AvgIpc) is 3.26. The second kappa shape index (κ2) is 15.3. The van der Waals surface area contributed by atoms with Crippen molar-refractivity contribution in [2.24, 2.45) is 0 Å². The van der Waals surface area contributed by atoms with E-state index in [1.807, 2.05) is 25.1 Å². The highest BCUT2D eigenvalue weighted by Gasteiger charge is 2.22. The Bertz CT molecular complexity index is 1540. The molecule has 4 aromatic rings. The molecule has 0 aliphatic heterocycles. The van der Waals surface area contributed by atoms with Gasteiger partial charge >= 0.3 is 0 Å². The van der Waals surface area contributed by atoms with Crippen LogP contribution in [0.3, 0.4) is 0 Å². The van der Waals surface area contributed by atoms with Crippen LogP contribution in [-0.4, -0.2) is 60.9 Å². The van der Waals surface area contributed by atoms with E-state index in [-0.39, 0.29) is 18.2 Å². The lowest BCUT2D eigenvalue weighted by atomic mass is 10.1. The summed E-state index contributed by atoms with van der Waals surface area (Å²) in [5.41, 5.74) is 5.99. The van der Waals surface area contributed by atoms with Crippen LogP contribution in [0.25, 0.3) is 10.9 Å². The van der Waals surface area contributed by atoms with Gasteiger partial charge in [-0.1, -0.05) is 17.7 Å². The highest BCUT2D eigenvalue weighted by molar-refractivity contribution is 7.98. The lowest BCUT2D eigenvalue weighted by Gasteiger charge is -2.15. The summed E-state index contributed by atoms with van der Waals surface area (Å²) in [6.45, 7) is 4.02. The molecular weight excluding hydrogens is 588 g/mol. The summed E-state index contributed by atoms with van der Waals surface area (Å²) in [7, 11) is 1.60. The van der Waals surface area contributed by atoms with Gasteiger partial charge in [-0.2, -0.15) is 24.4 Å². The Balaban J connectivity index is 1.49. The van der Waals surface area contributed by atoms with E-state index in [0.717, 1.165) is 63.7 Å². The van der Waals surface area contributed by atoms with E-state index in [1.165, 1.54) is 0 Å². The summed E-state index contributed by atoms with van der Waals surface area (Å²) in [6.07, 6.45) is 2.93. The van der Waals surface area contributed by atoms with Crippen molar-refractivity contribution < 1.29 is 14.3 Å². The molecule has 0 aliphatic rings. The monoisotopic (exact) mass is 624 g/mol. The van der Waals surface area contributed by atoms with Crippen LogP contribution in [0.15, 0.2) is 60.7 Å². The average molecular weight is 625 g/mol. The third-order valence-corrected chi connectivity index (χ3v) is 8.13. The van der Waals surface area contributed by atoms with Gasteiger partial charge in [0.1, 0.15) is 5.75 Å². The molecule has 0 saturated carbocycles. The number of fused-ring (bicyclic) bond motifs is 1. The van der Waals surface area contributed by atoms with Crippen LogP contribution < -0.4 is 20.7 Å². The van der Waals surface area contributed by atoms with Crippen LogP contribution in [0.4, 0.5) is 11.4 Å². The Labute approximate surface area is 262 Å². The van der Waals surface area contributed by atoms with Crippen molar-refractivity contribution >= 4 is 70.1 Å². The minimum absolute atomic E-state index is 0.107. The fraction of sp³-hybridized carbons (Fsp3) is 0.312. The largest absolute Gasteiger partial charge is 0.497 e. The van der Waals surface area contributed by atoms with E-state index < -0.39 is 0 Å². The van der Waals surface area contributed by atoms with Crippen molar-refractivity contribution in [3.8, 4) is 5.75 Å². The molecule has 0 atom stereocenters. The van der Waals surface area contributed by atoms with Gasteiger partial charge in [0, 0.05) is 52.8 Å². The number of benzene rings is 3. The molecule has 3 aromatic carbocycles. The van der Waals surface area contributed by atoms with Gasteiger partial charge in [-0.3, -0.25) is 14.2 Å². The topological polar surface area (TPSA) is 84.4 Å². The Hall–Kier alpha value is -3.27. The van der Waals surface area contributed by atoms with E-state index in [1.54, 1.807) is 47.7 Å². The number of thioether (sulfide) groups is 1. The molecule has 7 nitrogen and oxygen atoms in total. The zero-order valence-corrected chi connectivity index (χ0v) is 26.6. The second-order valence-electron chi connectivity index (χ2n) is 9.82. The number of rotatable bonds is 14. The molecule has 4 rings (SSSR count). The van der Waals surface area contributed by atoms with Gasteiger partial charge in [-0.25, -0.2) is 0 Å². The number of aromatic nitrogens is 1. The molecule has 0 saturated heterocycles. The first-order valence-electron chi connectivity index (χ1n) is 13.8. The number of hydrogen-bond acceptors (Lipinski definition) is 7. The Morgan fingerprint density at radius 1 is 0.976 bits per heavy atom. The van der Waals surface area contributed by atoms with Crippen molar-refractivity contribution in [1.82, 2.24) is 9.88 Å². The van der Waals surface area contributed by atoms with Crippen LogP contribution in [0.5, 0.6) is 5.75 Å². The van der Waals surface area contributed by atoms with Crippen LogP contribution in [0.2, 0.25) is 5.02 Å². The minimum Gasteiger partial charge on any atom is -0.497 e. The number of hydrogen-bond donors (Lipinski definition) is 4. The number of nitrogens with zero attached hydrogens (tertiary/aromatic N) is 1. The van der Waals surface area contributed by atoms with Gasteiger partial charge in [-0.05, 0) is 85.3 Å². The summed E-state index contributed by atoms with van der Waals surface area (Å²) < 4.78 is 7.11. The first kappa shape index (κ1) is 31.7. The van der Waals surface area contributed by atoms with E-state index in [4.69, 9.17) is 16.3 Å². The van der Waals surface area contributed by atoms with Crippen LogP contribution in [0.1, 0.15) is 27.2 Å². The summed E-state index contributed by atoms with van der Waals surface area (Å²) in [5.74, 6) is 2.14. The molecule has 222 valence electrons. The molecule has 0 aliphatic carbocycles. The smallest absolute Gasteiger partial charge is 0.262 e. The molecule has 42 heavy (non-hydrogen) atoms. The molecule has 0 fully saturated rings. The molecule has 3 N–H and O–H groups in total. The van der Waals surface area contributed by atoms with E-state index in [2.05, 4.69) is 53.0 Å². The van der Waals surface area contributed by atoms with Gasteiger partial charge < -0.3 is 20.7 Å². The number of methoxy groups -OCH3 is 1. The zero-order valence-electron chi connectivity index (χ0n) is 24.1. The maximum Gasteiger partial charge on any atom is 0.262 e.